The average Bonchev–Trinajstić information content (AvgIpc) is 3.10. The highest BCUT2D eigenvalue weighted by molar-refractivity contribution is 6.44. The van der Waals surface area contributed by atoms with Crippen molar-refractivity contribution in [1.82, 2.24) is 20.4 Å². The summed E-state index contributed by atoms with van der Waals surface area (Å²) < 4.78 is 18.4. The van der Waals surface area contributed by atoms with Gasteiger partial charge in [-0.05, 0) is 67.2 Å². The Balaban J connectivity index is 1.31. The first kappa shape index (κ1) is 24.3. The Bertz CT molecular complexity index is 1130. The Labute approximate surface area is 202 Å². The van der Waals surface area contributed by atoms with Crippen molar-refractivity contribution >= 4 is 23.8 Å². The number of hydrogen-bond acceptors (Lipinski definition) is 6. The highest BCUT2D eigenvalue weighted by atomic mass is 19.1. The molecule has 35 heavy (non-hydrogen) atoms. The standard InChI is InChI=1S/C25H27FN4O5/c1-35-21-7-4-18(15-30-24(33)23(32)28-25(30)34)12-20(21)22(31)27-13-16-8-10-29(11-9-16)14-17-2-5-19(26)6-3-17/h2-7,12,16H,8-11,13-15H2,1H3,(H,27,31)(H,28,32,34). The summed E-state index contributed by atoms with van der Waals surface area (Å²) in [5.74, 6) is -1.75. The number of likely N-dealkylation sites (tertiary alicyclic amines) is 1. The van der Waals surface area contributed by atoms with E-state index in [0.717, 1.165) is 42.9 Å². The van der Waals surface area contributed by atoms with Crippen LogP contribution >= 0.6 is 0 Å². The number of urea groups is 1. The monoisotopic (exact) mass is 482 g/mol. The molecular weight excluding hydrogens is 455 g/mol. The molecule has 0 unspecified atom stereocenters. The lowest BCUT2D eigenvalue weighted by molar-refractivity contribution is -0.140. The summed E-state index contributed by atoms with van der Waals surface area (Å²) in [4.78, 5) is 51.1. The second kappa shape index (κ2) is 10.6. The van der Waals surface area contributed by atoms with Gasteiger partial charge < -0.3 is 10.1 Å². The third-order valence-corrected chi connectivity index (χ3v) is 6.33. The summed E-state index contributed by atoms with van der Waals surface area (Å²) in [5, 5.41) is 4.91. The quantitative estimate of drug-likeness (QED) is 0.441. The van der Waals surface area contributed by atoms with Crippen LogP contribution in [0.5, 0.6) is 5.75 Å². The molecule has 2 N–H and O–H groups in total. The van der Waals surface area contributed by atoms with Gasteiger partial charge in [0.05, 0.1) is 19.2 Å². The number of amides is 5. The first-order valence-corrected chi connectivity index (χ1v) is 11.4. The van der Waals surface area contributed by atoms with Crippen LogP contribution in [-0.2, 0) is 22.7 Å². The van der Waals surface area contributed by atoms with Crippen LogP contribution in [0.1, 0.15) is 34.3 Å². The van der Waals surface area contributed by atoms with Crippen LogP contribution in [0.25, 0.3) is 0 Å². The maximum atomic E-state index is 13.1. The minimum Gasteiger partial charge on any atom is -0.496 e. The van der Waals surface area contributed by atoms with Crippen LogP contribution in [0.2, 0.25) is 0 Å². The van der Waals surface area contributed by atoms with Crippen LogP contribution in [0.4, 0.5) is 9.18 Å². The zero-order valence-electron chi connectivity index (χ0n) is 19.4. The molecule has 4 rings (SSSR count). The van der Waals surface area contributed by atoms with E-state index in [2.05, 4.69) is 10.2 Å². The second-order valence-corrected chi connectivity index (χ2v) is 8.74. The minimum absolute atomic E-state index is 0.132. The van der Waals surface area contributed by atoms with Crippen molar-refractivity contribution in [3.8, 4) is 5.75 Å². The number of piperidine rings is 1. The van der Waals surface area contributed by atoms with Crippen molar-refractivity contribution in [3.05, 3.63) is 65.0 Å². The van der Waals surface area contributed by atoms with E-state index in [1.165, 1.54) is 19.2 Å². The van der Waals surface area contributed by atoms with Crippen LogP contribution in [0.15, 0.2) is 42.5 Å². The van der Waals surface area contributed by atoms with Crippen molar-refractivity contribution in [1.29, 1.82) is 0 Å². The molecule has 0 aromatic heterocycles. The summed E-state index contributed by atoms with van der Waals surface area (Å²) in [5.41, 5.74) is 1.88. The second-order valence-electron chi connectivity index (χ2n) is 8.74. The number of rotatable bonds is 8. The van der Waals surface area contributed by atoms with E-state index < -0.39 is 17.8 Å². The Kier molecular flexibility index (Phi) is 7.40. The van der Waals surface area contributed by atoms with E-state index in [1.807, 2.05) is 5.32 Å². The summed E-state index contributed by atoms with van der Waals surface area (Å²) >= 11 is 0. The third kappa shape index (κ3) is 5.83. The number of hydrogen-bond donors (Lipinski definition) is 2. The van der Waals surface area contributed by atoms with Gasteiger partial charge in [0.25, 0.3) is 5.91 Å². The van der Waals surface area contributed by atoms with Gasteiger partial charge in [0.1, 0.15) is 11.6 Å². The fourth-order valence-corrected chi connectivity index (χ4v) is 4.32. The lowest BCUT2D eigenvalue weighted by Gasteiger charge is -2.32. The number of methoxy groups -OCH3 is 1. The first-order chi connectivity index (χ1) is 16.8. The van der Waals surface area contributed by atoms with Crippen molar-refractivity contribution in [3.63, 3.8) is 0 Å². The number of nitrogens with zero attached hydrogens (tertiary/aromatic N) is 2. The van der Waals surface area contributed by atoms with Crippen LogP contribution in [0, 0.1) is 11.7 Å². The van der Waals surface area contributed by atoms with Crippen LogP contribution in [0.3, 0.4) is 0 Å². The highest BCUT2D eigenvalue weighted by Crippen LogP contribution is 2.23. The van der Waals surface area contributed by atoms with Gasteiger partial charge in [-0.1, -0.05) is 18.2 Å². The number of carbonyl (C=O) groups excluding carboxylic acids is 4. The zero-order chi connectivity index (χ0) is 24.9. The molecule has 0 radical (unpaired) electrons. The molecule has 0 spiro atoms. The van der Waals surface area contributed by atoms with Crippen molar-refractivity contribution in [2.75, 3.05) is 26.7 Å². The molecule has 0 bridgehead atoms. The Hall–Kier alpha value is -3.79. The minimum atomic E-state index is -0.967. The summed E-state index contributed by atoms with van der Waals surface area (Å²) in [6.07, 6.45) is 1.86. The molecule has 0 saturated carbocycles. The van der Waals surface area contributed by atoms with E-state index in [-0.39, 0.29) is 23.8 Å². The molecule has 0 atom stereocenters. The number of imide groups is 2. The number of benzene rings is 2. The molecule has 10 heteroatoms. The molecule has 2 aromatic rings. The fourth-order valence-electron chi connectivity index (χ4n) is 4.32. The van der Waals surface area contributed by atoms with Gasteiger partial charge in [-0.25, -0.2) is 9.18 Å². The van der Waals surface area contributed by atoms with E-state index >= 15 is 0 Å². The summed E-state index contributed by atoms with van der Waals surface area (Å²) in [6, 6.07) is 10.5. The Morgan fingerprint density at radius 1 is 1.06 bits per heavy atom. The molecule has 2 heterocycles. The van der Waals surface area contributed by atoms with Gasteiger partial charge in [0, 0.05) is 13.1 Å². The van der Waals surface area contributed by atoms with Crippen molar-refractivity contribution in [2.24, 2.45) is 5.92 Å². The molecule has 2 aliphatic heterocycles. The highest BCUT2D eigenvalue weighted by Gasteiger charge is 2.36. The predicted molar refractivity (Wildman–Crippen MR) is 124 cm³/mol. The van der Waals surface area contributed by atoms with Gasteiger partial charge in [0.2, 0.25) is 0 Å². The van der Waals surface area contributed by atoms with Gasteiger partial charge in [-0.15, -0.1) is 0 Å². The number of ether oxygens (including phenoxy) is 1. The normalized spacial score (nSPS) is 17.0. The lowest BCUT2D eigenvalue weighted by atomic mass is 9.96. The predicted octanol–water partition coefficient (Wildman–Crippen LogP) is 2.05. The molecule has 184 valence electrons. The van der Waals surface area contributed by atoms with Gasteiger partial charge in [0.15, 0.2) is 0 Å². The first-order valence-electron chi connectivity index (χ1n) is 11.4. The smallest absolute Gasteiger partial charge is 0.331 e. The molecule has 2 aromatic carbocycles. The maximum absolute atomic E-state index is 13.1. The number of halogens is 1. The van der Waals surface area contributed by atoms with E-state index in [4.69, 9.17) is 4.74 Å². The molecule has 0 aliphatic carbocycles. The average molecular weight is 483 g/mol. The van der Waals surface area contributed by atoms with Gasteiger partial charge in [-0.3, -0.25) is 29.5 Å². The zero-order valence-corrected chi connectivity index (χ0v) is 19.4. The molecule has 2 saturated heterocycles. The summed E-state index contributed by atoms with van der Waals surface area (Å²) in [7, 11) is 1.46. The third-order valence-electron chi connectivity index (χ3n) is 6.33. The fraction of sp³-hybridized carbons (Fsp3) is 0.360. The van der Waals surface area contributed by atoms with Gasteiger partial charge >= 0.3 is 17.8 Å². The van der Waals surface area contributed by atoms with Gasteiger partial charge in [-0.2, -0.15) is 0 Å². The molecular formula is C25H27FN4O5. The van der Waals surface area contributed by atoms with E-state index in [0.29, 0.717) is 23.8 Å². The molecule has 9 nitrogen and oxygen atoms in total. The van der Waals surface area contributed by atoms with Crippen LogP contribution < -0.4 is 15.4 Å². The van der Waals surface area contributed by atoms with Crippen LogP contribution in [-0.4, -0.2) is 60.3 Å². The Morgan fingerprint density at radius 2 is 1.74 bits per heavy atom. The number of carbonyl (C=O) groups is 4. The molecule has 2 fully saturated rings. The molecule has 5 amide bonds. The topological polar surface area (TPSA) is 108 Å². The lowest BCUT2D eigenvalue weighted by Crippen LogP contribution is -2.38. The maximum Gasteiger partial charge on any atom is 0.331 e. The largest absolute Gasteiger partial charge is 0.496 e. The SMILES string of the molecule is COc1ccc(CN2C(=O)NC(=O)C2=O)cc1C(=O)NCC1CCN(Cc2ccc(F)cc2)CC1. The van der Waals surface area contributed by atoms with E-state index in [1.54, 1.807) is 30.3 Å². The molecule has 2 aliphatic rings. The number of nitrogens with one attached hydrogen (secondary N) is 2. The van der Waals surface area contributed by atoms with Crippen molar-refractivity contribution in [2.45, 2.75) is 25.9 Å². The summed E-state index contributed by atoms with van der Waals surface area (Å²) in [6.45, 7) is 2.93. The van der Waals surface area contributed by atoms with Crippen molar-refractivity contribution < 1.29 is 28.3 Å². The van der Waals surface area contributed by atoms with E-state index in [9.17, 15) is 23.6 Å². The Morgan fingerprint density at radius 3 is 2.37 bits per heavy atom.